The van der Waals surface area contributed by atoms with Gasteiger partial charge in [0.05, 0.1) is 6.04 Å². The van der Waals surface area contributed by atoms with Gasteiger partial charge in [-0.05, 0) is 37.5 Å². The second-order valence-corrected chi connectivity index (χ2v) is 8.18. The Morgan fingerprint density at radius 1 is 0.806 bits per heavy atom. The summed E-state index contributed by atoms with van der Waals surface area (Å²) in [5.41, 5.74) is 16.3. The van der Waals surface area contributed by atoms with Gasteiger partial charge in [-0.3, -0.25) is 24.0 Å². The molecule has 0 aliphatic carbocycles. The summed E-state index contributed by atoms with van der Waals surface area (Å²) < 4.78 is 0. The number of phenolic OH excluding ortho intramolecular Hbond substituents is 1. The van der Waals surface area contributed by atoms with Crippen molar-refractivity contribution in [3.63, 3.8) is 0 Å². The van der Waals surface area contributed by atoms with E-state index in [9.17, 15) is 39.0 Å². The molecular weight excluding hydrogens is 476 g/mol. The summed E-state index contributed by atoms with van der Waals surface area (Å²) in [6, 6.07) is 0.726. The zero-order valence-electron chi connectivity index (χ0n) is 19.7. The van der Waals surface area contributed by atoms with E-state index in [2.05, 4.69) is 16.0 Å². The van der Waals surface area contributed by atoms with Crippen LogP contribution in [0.3, 0.4) is 0 Å². The number of benzene rings is 1. The van der Waals surface area contributed by atoms with Crippen molar-refractivity contribution in [3.8, 4) is 5.75 Å². The summed E-state index contributed by atoms with van der Waals surface area (Å²) in [5.74, 6) is -5.16. The lowest BCUT2D eigenvalue weighted by molar-refractivity contribution is -0.142. The maximum Gasteiger partial charge on any atom is 0.326 e. The molecule has 198 valence electrons. The normalized spacial score (nSPS) is 13.9. The van der Waals surface area contributed by atoms with E-state index in [0.717, 1.165) is 0 Å². The zero-order valence-corrected chi connectivity index (χ0v) is 19.7. The van der Waals surface area contributed by atoms with Crippen molar-refractivity contribution in [1.29, 1.82) is 0 Å². The lowest BCUT2D eigenvalue weighted by Gasteiger charge is -2.23. The molecule has 14 nitrogen and oxygen atoms in total. The molecule has 4 unspecified atom stereocenters. The molecule has 1 aromatic carbocycles. The van der Waals surface area contributed by atoms with Gasteiger partial charge in [0, 0.05) is 19.3 Å². The molecule has 0 heterocycles. The summed E-state index contributed by atoms with van der Waals surface area (Å²) in [6.45, 7) is 1.32. The number of amides is 5. The van der Waals surface area contributed by atoms with Crippen LogP contribution < -0.4 is 33.2 Å². The number of hydrogen-bond acceptors (Lipinski definition) is 8. The smallest absolute Gasteiger partial charge is 0.326 e. The summed E-state index contributed by atoms with van der Waals surface area (Å²) in [6.07, 6.45) is -0.784. The Morgan fingerprint density at radius 3 is 1.86 bits per heavy atom. The fraction of sp³-hybridized carbons (Fsp3) is 0.455. The monoisotopic (exact) mass is 508 g/mol. The van der Waals surface area contributed by atoms with Crippen molar-refractivity contribution >= 4 is 35.5 Å². The van der Waals surface area contributed by atoms with E-state index in [1.54, 1.807) is 0 Å². The number of carboxylic acids is 1. The predicted molar refractivity (Wildman–Crippen MR) is 126 cm³/mol. The van der Waals surface area contributed by atoms with Gasteiger partial charge in [0.15, 0.2) is 0 Å². The molecule has 0 radical (unpaired) electrons. The number of carbonyl (C=O) groups is 6. The van der Waals surface area contributed by atoms with Gasteiger partial charge in [0.2, 0.25) is 29.5 Å². The first kappa shape index (κ1) is 29.8. The molecule has 0 aromatic heterocycles. The maximum atomic E-state index is 12.8. The van der Waals surface area contributed by atoms with Gasteiger partial charge in [0.25, 0.3) is 0 Å². The number of aromatic hydroxyl groups is 1. The van der Waals surface area contributed by atoms with Crippen LogP contribution in [0, 0.1) is 0 Å². The Bertz CT molecular complexity index is 968. The van der Waals surface area contributed by atoms with Crippen LogP contribution in [0.2, 0.25) is 0 Å². The number of rotatable bonds is 15. The van der Waals surface area contributed by atoms with E-state index in [0.29, 0.717) is 5.56 Å². The lowest BCUT2D eigenvalue weighted by Crippen LogP contribution is -2.56. The van der Waals surface area contributed by atoms with E-state index in [-0.39, 0.29) is 37.9 Å². The predicted octanol–water partition coefficient (Wildman–Crippen LogP) is -2.65. The molecule has 36 heavy (non-hydrogen) atoms. The minimum atomic E-state index is -1.38. The van der Waals surface area contributed by atoms with E-state index in [1.807, 2.05) is 0 Å². The quantitative estimate of drug-likeness (QED) is 0.123. The third-order valence-corrected chi connectivity index (χ3v) is 5.09. The molecule has 0 spiro atoms. The lowest BCUT2D eigenvalue weighted by atomic mass is 10.0. The van der Waals surface area contributed by atoms with E-state index in [4.69, 9.17) is 17.2 Å². The molecule has 0 saturated heterocycles. The summed E-state index contributed by atoms with van der Waals surface area (Å²) in [7, 11) is 0. The van der Waals surface area contributed by atoms with E-state index in [1.165, 1.54) is 31.2 Å². The highest BCUT2D eigenvalue weighted by Gasteiger charge is 2.29. The van der Waals surface area contributed by atoms with Gasteiger partial charge in [-0.2, -0.15) is 0 Å². The minimum Gasteiger partial charge on any atom is -0.508 e. The van der Waals surface area contributed by atoms with E-state index < -0.39 is 59.7 Å². The SMILES string of the molecule is CC(NC(=O)C(N)CCC(N)=O)C(=O)NC(CCC(N)=O)C(=O)NC(Cc1ccc(O)cc1)C(=O)O. The molecule has 14 heteroatoms. The molecule has 1 aromatic rings. The Kier molecular flexibility index (Phi) is 11.8. The number of aliphatic carboxylic acids is 1. The van der Waals surface area contributed by atoms with Gasteiger partial charge >= 0.3 is 5.97 Å². The molecule has 1 rings (SSSR count). The highest BCUT2D eigenvalue weighted by atomic mass is 16.4. The first-order chi connectivity index (χ1) is 16.8. The van der Waals surface area contributed by atoms with Crippen LogP contribution in [0.5, 0.6) is 5.75 Å². The van der Waals surface area contributed by atoms with Crippen molar-refractivity contribution in [2.75, 3.05) is 0 Å². The first-order valence-corrected chi connectivity index (χ1v) is 11.0. The van der Waals surface area contributed by atoms with Crippen LogP contribution >= 0.6 is 0 Å². The molecule has 0 aliphatic heterocycles. The van der Waals surface area contributed by atoms with E-state index >= 15 is 0 Å². The zero-order chi connectivity index (χ0) is 27.4. The van der Waals surface area contributed by atoms with Crippen molar-refractivity contribution in [1.82, 2.24) is 16.0 Å². The van der Waals surface area contributed by atoms with Crippen molar-refractivity contribution in [2.24, 2.45) is 17.2 Å². The number of primary amides is 2. The standard InChI is InChI=1S/C22H32N6O8/c1-11(26-20(33)14(23)6-8-17(24)30)19(32)27-15(7-9-18(25)31)21(34)28-16(22(35)36)10-12-2-4-13(29)5-3-12/h2-5,11,14-16,29H,6-10,23H2,1H3,(H2,24,30)(H2,25,31)(H,26,33)(H,27,32)(H,28,34)(H,35,36). The average molecular weight is 509 g/mol. The molecule has 0 saturated carbocycles. The molecule has 0 aliphatic rings. The minimum absolute atomic E-state index is 0.0149. The number of carbonyl (C=O) groups excluding carboxylic acids is 5. The topological polar surface area (TPSA) is 257 Å². The highest BCUT2D eigenvalue weighted by Crippen LogP contribution is 2.12. The Hall–Kier alpha value is -4.20. The number of phenols is 1. The van der Waals surface area contributed by atoms with Crippen molar-refractivity contribution in [2.45, 2.75) is 63.2 Å². The maximum absolute atomic E-state index is 12.8. The van der Waals surface area contributed by atoms with Crippen LogP contribution in [0.15, 0.2) is 24.3 Å². The van der Waals surface area contributed by atoms with Gasteiger partial charge in [0.1, 0.15) is 23.9 Å². The number of nitrogens with one attached hydrogen (secondary N) is 3. The van der Waals surface area contributed by atoms with Crippen LogP contribution in [-0.2, 0) is 35.2 Å². The largest absolute Gasteiger partial charge is 0.508 e. The first-order valence-electron chi connectivity index (χ1n) is 11.0. The number of nitrogens with two attached hydrogens (primary N) is 3. The van der Waals surface area contributed by atoms with Gasteiger partial charge in [-0.1, -0.05) is 12.1 Å². The fourth-order valence-electron chi connectivity index (χ4n) is 3.01. The molecule has 0 bridgehead atoms. The Balaban J connectivity index is 2.86. The molecule has 11 N–H and O–H groups in total. The third-order valence-electron chi connectivity index (χ3n) is 5.09. The second kappa shape index (κ2) is 14.3. The van der Waals surface area contributed by atoms with Crippen LogP contribution in [-0.4, -0.2) is 69.9 Å². The molecular formula is C22H32N6O8. The van der Waals surface area contributed by atoms with Crippen molar-refractivity contribution < 1.29 is 39.0 Å². The second-order valence-electron chi connectivity index (χ2n) is 8.18. The summed E-state index contributed by atoms with van der Waals surface area (Å²) in [4.78, 5) is 71.3. The van der Waals surface area contributed by atoms with Crippen molar-refractivity contribution in [3.05, 3.63) is 29.8 Å². The van der Waals surface area contributed by atoms with Gasteiger partial charge < -0.3 is 43.4 Å². The molecule has 0 fully saturated rings. The number of hydrogen-bond donors (Lipinski definition) is 8. The van der Waals surface area contributed by atoms with Gasteiger partial charge in [-0.15, -0.1) is 0 Å². The fourth-order valence-corrected chi connectivity index (χ4v) is 3.01. The Labute approximate surface area is 206 Å². The van der Waals surface area contributed by atoms with Crippen LogP contribution in [0.1, 0.15) is 38.2 Å². The summed E-state index contributed by atoms with van der Waals surface area (Å²) in [5, 5.41) is 25.9. The average Bonchev–Trinajstić information content (AvgIpc) is 2.80. The molecule has 5 amide bonds. The summed E-state index contributed by atoms with van der Waals surface area (Å²) >= 11 is 0. The number of carboxylic acid groups (broad SMARTS) is 1. The third kappa shape index (κ3) is 10.8. The highest BCUT2D eigenvalue weighted by molar-refractivity contribution is 5.94. The Morgan fingerprint density at radius 2 is 1.33 bits per heavy atom. The molecule has 4 atom stereocenters. The van der Waals surface area contributed by atoms with Crippen LogP contribution in [0.25, 0.3) is 0 Å². The van der Waals surface area contributed by atoms with Gasteiger partial charge in [-0.25, -0.2) is 4.79 Å². The van der Waals surface area contributed by atoms with Crippen LogP contribution in [0.4, 0.5) is 0 Å².